The maximum absolute atomic E-state index is 12.7. The van der Waals surface area contributed by atoms with Crippen LogP contribution in [0, 0.1) is 5.92 Å². The van der Waals surface area contributed by atoms with Crippen LogP contribution in [0.2, 0.25) is 0 Å². The molecule has 1 saturated heterocycles. The summed E-state index contributed by atoms with van der Waals surface area (Å²) in [7, 11) is 1.67. The Kier molecular flexibility index (Phi) is 6.08. The summed E-state index contributed by atoms with van der Waals surface area (Å²) in [4.78, 5) is 14.6. The minimum Gasteiger partial charge on any atom is -0.497 e. The van der Waals surface area contributed by atoms with Crippen LogP contribution in [0.4, 0.5) is 0 Å². The van der Waals surface area contributed by atoms with E-state index in [0.717, 1.165) is 42.9 Å². The predicted molar refractivity (Wildman–Crippen MR) is 105 cm³/mol. The van der Waals surface area contributed by atoms with Crippen LogP contribution >= 0.6 is 0 Å². The van der Waals surface area contributed by atoms with Gasteiger partial charge in [-0.05, 0) is 35.2 Å². The fourth-order valence-corrected chi connectivity index (χ4v) is 3.34. The number of benzene rings is 2. The number of hydrogen-bond acceptors (Lipinski definition) is 3. The largest absolute Gasteiger partial charge is 0.497 e. The number of ether oxygens (including phenoxy) is 1. The van der Waals surface area contributed by atoms with Crippen molar-refractivity contribution >= 4 is 5.91 Å². The molecule has 0 saturated carbocycles. The normalized spacial score (nSPS) is 17.7. The van der Waals surface area contributed by atoms with Gasteiger partial charge in [-0.15, -0.1) is 6.58 Å². The molecule has 1 atom stereocenters. The molecule has 1 amide bonds. The Morgan fingerprint density at radius 1 is 1.15 bits per heavy atom. The smallest absolute Gasteiger partial charge is 0.227 e. The number of carbonyl (C=O) groups excluding carboxylic acids is 1. The number of amides is 1. The number of hydrogen-bond donors (Lipinski definition) is 1. The summed E-state index contributed by atoms with van der Waals surface area (Å²) in [6.45, 7) is 6.69. The Hall–Kier alpha value is -2.59. The number of methoxy groups -OCH3 is 1. The summed E-state index contributed by atoms with van der Waals surface area (Å²) in [6, 6.07) is 16.5. The lowest BCUT2D eigenvalue weighted by Crippen LogP contribution is -2.37. The van der Waals surface area contributed by atoms with Gasteiger partial charge in [-0.25, -0.2) is 0 Å². The SMILES string of the molecule is C=CCN1CCNC[C@H](Cc2ccc(-c3ccc(OC)cc3)cc2)C1=O. The van der Waals surface area contributed by atoms with Crippen LogP contribution in [-0.4, -0.2) is 44.1 Å². The van der Waals surface area contributed by atoms with E-state index in [-0.39, 0.29) is 11.8 Å². The van der Waals surface area contributed by atoms with E-state index in [1.165, 1.54) is 5.56 Å². The van der Waals surface area contributed by atoms with Gasteiger partial charge in [0, 0.05) is 26.2 Å². The van der Waals surface area contributed by atoms with Crippen LogP contribution in [-0.2, 0) is 11.2 Å². The number of rotatable bonds is 6. The molecule has 0 spiro atoms. The topological polar surface area (TPSA) is 41.6 Å². The fourth-order valence-electron chi connectivity index (χ4n) is 3.34. The zero-order valence-corrected chi connectivity index (χ0v) is 15.3. The molecule has 0 bridgehead atoms. The minimum absolute atomic E-state index is 0.0238. The van der Waals surface area contributed by atoms with Crippen molar-refractivity contribution in [1.82, 2.24) is 10.2 Å². The van der Waals surface area contributed by atoms with Crippen LogP contribution in [0.25, 0.3) is 11.1 Å². The summed E-state index contributed by atoms with van der Waals surface area (Å²) in [5.41, 5.74) is 3.50. The van der Waals surface area contributed by atoms with Gasteiger partial charge in [-0.1, -0.05) is 42.5 Å². The average molecular weight is 350 g/mol. The predicted octanol–water partition coefficient (Wildman–Crippen LogP) is 3.14. The van der Waals surface area contributed by atoms with Crippen molar-refractivity contribution in [3.8, 4) is 16.9 Å². The summed E-state index contributed by atoms with van der Waals surface area (Å²) >= 11 is 0. The van der Waals surface area contributed by atoms with Gasteiger partial charge in [0.15, 0.2) is 0 Å². The third-order valence-corrected chi connectivity index (χ3v) is 4.82. The molecule has 4 heteroatoms. The third kappa shape index (κ3) is 4.33. The lowest BCUT2D eigenvalue weighted by molar-refractivity contribution is -0.133. The van der Waals surface area contributed by atoms with E-state index < -0.39 is 0 Å². The van der Waals surface area contributed by atoms with Gasteiger partial charge in [0.1, 0.15) is 5.75 Å². The summed E-state index contributed by atoms with van der Waals surface area (Å²) < 4.78 is 5.21. The molecular weight excluding hydrogens is 324 g/mol. The standard InChI is InChI=1S/C22H26N2O2/c1-3-13-24-14-12-23-16-20(22(24)25)15-17-4-6-18(7-5-17)19-8-10-21(26-2)11-9-19/h3-11,20,23H,1,12-16H2,2H3/t20-/m0/s1. The second-order valence-corrected chi connectivity index (χ2v) is 6.60. The van der Waals surface area contributed by atoms with E-state index in [2.05, 4.69) is 48.3 Å². The second-order valence-electron chi connectivity index (χ2n) is 6.60. The first kappa shape index (κ1) is 18.2. The molecule has 4 nitrogen and oxygen atoms in total. The van der Waals surface area contributed by atoms with Crippen molar-refractivity contribution in [2.24, 2.45) is 5.92 Å². The Morgan fingerprint density at radius 3 is 2.42 bits per heavy atom. The van der Waals surface area contributed by atoms with Crippen LogP contribution in [0.15, 0.2) is 61.2 Å². The summed E-state index contributed by atoms with van der Waals surface area (Å²) in [5, 5.41) is 3.38. The van der Waals surface area contributed by atoms with Gasteiger partial charge < -0.3 is 15.0 Å². The minimum atomic E-state index is -0.0238. The molecule has 0 unspecified atom stereocenters. The highest BCUT2D eigenvalue weighted by molar-refractivity contribution is 5.80. The van der Waals surface area contributed by atoms with Gasteiger partial charge in [-0.2, -0.15) is 0 Å². The van der Waals surface area contributed by atoms with Crippen LogP contribution in [0.3, 0.4) is 0 Å². The fraction of sp³-hybridized carbons (Fsp3) is 0.318. The van der Waals surface area contributed by atoms with Crippen LogP contribution in [0.5, 0.6) is 5.75 Å². The maximum Gasteiger partial charge on any atom is 0.227 e. The highest BCUT2D eigenvalue weighted by Gasteiger charge is 2.26. The first-order valence-electron chi connectivity index (χ1n) is 9.05. The highest BCUT2D eigenvalue weighted by Crippen LogP contribution is 2.23. The zero-order valence-electron chi connectivity index (χ0n) is 15.3. The van der Waals surface area contributed by atoms with Gasteiger partial charge in [0.2, 0.25) is 5.91 Å². The zero-order chi connectivity index (χ0) is 18.4. The average Bonchev–Trinajstić information content (AvgIpc) is 2.85. The van der Waals surface area contributed by atoms with E-state index in [9.17, 15) is 4.79 Å². The van der Waals surface area contributed by atoms with E-state index in [0.29, 0.717) is 6.54 Å². The second kappa shape index (κ2) is 8.68. The molecule has 2 aromatic rings. The van der Waals surface area contributed by atoms with Crippen LogP contribution < -0.4 is 10.1 Å². The van der Waals surface area contributed by atoms with E-state index in [4.69, 9.17) is 4.74 Å². The molecule has 1 heterocycles. The molecule has 2 aromatic carbocycles. The molecular formula is C22H26N2O2. The van der Waals surface area contributed by atoms with Gasteiger partial charge in [0.05, 0.1) is 13.0 Å². The first-order chi connectivity index (χ1) is 12.7. The third-order valence-electron chi connectivity index (χ3n) is 4.82. The van der Waals surface area contributed by atoms with Crippen molar-refractivity contribution in [2.75, 3.05) is 33.3 Å². The van der Waals surface area contributed by atoms with Gasteiger partial charge in [-0.3, -0.25) is 4.79 Å². The number of nitrogens with one attached hydrogen (secondary N) is 1. The highest BCUT2D eigenvalue weighted by atomic mass is 16.5. The number of nitrogens with zero attached hydrogens (tertiary/aromatic N) is 1. The van der Waals surface area contributed by atoms with Gasteiger partial charge in [0.25, 0.3) is 0 Å². The molecule has 1 aliphatic heterocycles. The molecule has 0 aliphatic carbocycles. The molecule has 0 radical (unpaired) electrons. The molecule has 3 rings (SSSR count). The van der Waals surface area contributed by atoms with Crippen molar-refractivity contribution in [2.45, 2.75) is 6.42 Å². The Labute approximate surface area is 155 Å². The molecule has 1 aliphatic rings. The molecule has 0 aromatic heterocycles. The van der Waals surface area contributed by atoms with Crippen molar-refractivity contribution in [3.05, 3.63) is 66.7 Å². The Bertz CT molecular complexity index is 738. The van der Waals surface area contributed by atoms with Gasteiger partial charge >= 0.3 is 0 Å². The Morgan fingerprint density at radius 2 is 1.81 bits per heavy atom. The Balaban J connectivity index is 1.69. The van der Waals surface area contributed by atoms with E-state index >= 15 is 0 Å². The summed E-state index contributed by atoms with van der Waals surface area (Å²) in [6.07, 6.45) is 2.55. The molecule has 136 valence electrons. The monoisotopic (exact) mass is 350 g/mol. The lowest BCUT2D eigenvalue weighted by Gasteiger charge is -2.22. The molecule has 1 fully saturated rings. The molecule has 26 heavy (non-hydrogen) atoms. The van der Waals surface area contributed by atoms with Crippen molar-refractivity contribution in [1.29, 1.82) is 0 Å². The van der Waals surface area contributed by atoms with Crippen molar-refractivity contribution in [3.63, 3.8) is 0 Å². The maximum atomic E-state index is 12.7. The number of carbonyl (C=O) groups is 1. The quantitative estimate of drug-likeness (QED) is 0.814. The lowest BCUT2D eigenvalue weighted by atomic mass is 9.96. The van der Waals surface area contributed by atoms with Crippen molar-refractivity contribution < 1.29 is 9.53 Å². The molecule has 1 N–H and O–H groups in total. The summed E-state index contributed by atoms with van der Waals surface area (Å²) in [5.74, 6) is 1.05. The van der Waals surface area contributed by atoms with E-state index in [1.807, 2.05) is 17.0 Å². The van der Waals surface area contributed by atoms with E-state index in [1.54, 1.807) is 13.2 Å². The first-order valence-corrected chi connectivity index (χ1v) is 9.05. The van der Waals surface area contributed by atoms with Crippen LogP contribution in [0.1, 0.15) is 5.56 Å².